The molecule has 0 radical (unpaired) electrons. The fourth-order valence-electron chi connectivity index (χ4n) is 3.33. The third kappa shape index (κ3) is 2.70. The minimum atomic E-state index is -0.426. The Morgan fingerprint density at radius 3 is 2.53 bits per heavy atom. The average Bonchev–Trinajstić information content (AvgIpc) is 2.42. The standard InChI is InChI=1S/C17H27NO/c1-12-7-9-17(11-18,10-8-12)16(19)15-6-4-5-13(2)14(15)3/h4-6,12,16,19H,7-11,18H2,1-3H3. The molecular formula is C17H27NO. The summed E-state index contributed by atoms with van der Waals surface area (Å²) in [6.45, 7) is 7.08. The van der Waals surface area contributed by atoms with Crippen LogP contribution in [-0.4, -0.2) is 11.7 Å². The van der Waals surface area contributed by atoms with Crippen LogP contribution in [0.2, 0.25) is 0 Å². The van der Waals surface area contributed by atoms with E-state index < -0.39 is 6.10 Å². The molecule has 0 spiro atoms. The molecule has 0 saturated heterocycles. The number of aliphatic hydroxyl groups excluding tert-OH is 1. The number of aliphatic hydroxyl groups is 1. The maximum atomic E-state index is 10.9. The van der Waals surface area contributed by atoms with Gasteiger partial charge in [0.15, 0.2) is 0 Å². The third-order valence-corrected chi connectivity index (χ3v) is 5.20. The van der Waals surface area contributed by atoms with Gasteiger partial charge < -0.3 is 10.8 Å². The first-order valence-corrected chi connectivity index (χ1v) is 7.44. The molecule has 0 amide bonds. The lowest BCUT2D eigenvalue weighted by atomic mass is 9.65. The van der Waals surface area contributed by atoms with Crippen LogP contribution in [-0.2, 0) is 0 Å². The lowest BCUT2D eigenvalue weighted by Gasteiger charge is -2.42. The van der Waals surface area contributed by atoms with E-state index in [1.165, 1.54) is 24.0 Å². The highest BCUT2D eigenvalue weighted by Gasteiger charge is 2.40. The first kappa shape index (κ1) is 14.5. The molecule has 1 aromatic carbocycles. The lowest BCUT2D eigenvalue weighted by Crippen LogP contribution is -2.40. The number of nitrogens with two attached hydrogens (primary N) is 1. The van der Waals surface area contributed by atoms with Crippen LogP contribution in [0.3, 0.4) is 0 Å². The minimum Gasteiger partial charge on any atom is -0.388 e. The summed E-state index contributed by atoms with van der Waals surface area (Å²) in [7, 11) is 0. The highest BCUT2D eigenvalue weighted by Crippen LogP contribution is 2.47. The molecule has 2 nitrogen and oxygen atoms in total. The van der Waals surface area contributed by atoms with Gasteiger partial charge in [-0.3, -0.25) is 0 Å². The van der Waals surface area contributed by atoms with Crippen molar-refractivity contribution >= 4 is 0 Å². The summed E-state index contributed by atoms with van der Waals surface area (Å²) in [4.78, 5) is 0. The predicted octanol–water partition coefficient (Wildman–Crippen LogP) is 3.49. The average molecular weight is 261 g/mol. The van der Waals surface area contributed by atoms with Crippen molar-refractivity contribution in [1.82, 2.24) is 0 Å². The van der Waals surface area contributed by atoms with Gasteiger partial charge in [0.2, 0.25) is 0 Å². The monoisotopic (exact) mass is 261 g/mol. The Hall–Kier alpha value is -0.860. The Bertz CT molecular complexity index is 433. The maximum Gasteiger partial charge on any atom is 0.0860 e. The molecule has 0 bridgehead atoms. The fraction of sp³-hybridized carbons (Fsp3) is 0.647. The molecule has 1 aliphatic rings. The van der Waals surface area contributed by atoms with E-state index in [-0.39, 0.29) is 5.41 Å². The van der Waals surface area contributed by atoms with E-state index in [0.717, 1.165) is 24.3 Å². The van der Waals surface area contributed by atoms with Crippen LogP contribution in [0.15, 0.2) is 18.2 Å². The fourth-order valence-corrected chi connectivity index (χ4v) is 3.33. The van der Waals surface area contributed by atoms with Crippen molar-refractivity contribution in [2.75, 3.05) is 6.54 Å². The van der Waals surface area contributed by atoms with E-state index >= 15 is 0 Å². The smallest absolute Gasteiger partial charge is 0.0860 e. The quantitative estimate of drug-likeness (QED) is 0.875. The zero-order valence-electron chi connectivity index (χ0n) is 12.4. The van der Waals surface area contributed by atoms with Crippen molar-refractivity contribution in [2.24, 2.45) is 17.1 Å². The van der Waals surface area contributed by atoms with E-state index in [2.05, 4.69) is 32.9 Å². The largest absolute Gasteiger partial charge is 0.388 e. The van der Waals surface area contributed by atoms with Crippen molar-refractivity contribution in [3.05, 3.63) is 34.9 Å². The molecule has 106 valence electrons. The van der Waals surface area contributed by atoms with Crippen molar-refractivity contribution in [2.45, 2.75) is 52.6 Å². The second-order valence-electron chi connectivity index (χ2n) is 6.44. The first-order valence-electron chi connectivity index (χ1n) is 7.44. The summed E-state index contributed by atoms with van der Waals surface area (Å²) in [5, 5.41) is 10.9. The van der Waals surface area contributed by atoms with Gasteiger partial charge in [-0.2, -0.15) is 0 Å². The molecule has 1 unspecified atom stereocenters. The maximum absolute atomic E-state index is 10.9. The van der Waals surface area contributed by atoms with Gasteiger partial charge >= 0.3 is 0 Å². The van der Waals surface area contributed by atoms with Gasteiger partial charge in [-0.05, 0) is 49.3 Å². The SMILES string of the molecule is Cc1cccc(C(O)C2(CN)CCC(C)CC2)c1C. The molecule has 1 atom stereocenters. The van der Waals surface area contributed by atoms with E-state index in [1.807, 2.05) is 6.07 Å². The normalized spacial score (nSPS) is 29.2. The number of benzene rings is 1. The lowest BCUT2D eigenvalue weighted by molar-refractivity contribution is -0.00858. The molecule has 0 heterocycles. The molecule has 1 fully saturated rings. The second kappa shape index (κ2) is 5.64. The third-order valence-electron chi connectivity index (χ3n) is 5.20. The Labute approximate surface area is 117 Å². The Morgan fingerprint density at radius 2 is 1.95 bits per heavy atom. The van der Waals surface area contributed by atoms with Gasteiger partial charge in [-0.25, -0.2) is 0 Å². The summed E-state index contributed by atoms with van der Waals surface area (Å²) in [5.41, 5.74) is 9.45. The van der Waals surface area contributed by atoms with Crippen LogP contribution in [0.25, 0.3) is 0 Å². The van der Waals surface area contributed by atoms with Crippen LogP contribution in [0, 0.1) is 25.2 Å². The van der Waals surface area contributed by atoms with Crippen LogP contribution in [0.1, 0.15) is 55.4 Å². The van der Waals surface area contributed by atoms with Gasteiger partial charge in [0.25, 0.3) is 0 Å². The number of hydrogen-bond acceptors (Lipinski definition) is 2. The van der Waals surface area contributed by atoms with Gasteiger partial charge in [-0.1, -0.05) is 38.0 Å². The van der Waals surface area contributed by atoms with Gasteiger partial charge in [-0.15, -0.1) is 0 Å². The second-order valence-corrected chi connectivity index (χ2v) is 6.44. The molecule has 1 aliphatic carbocycles. The first-order chi connectivity index (χ1) is 9.00. The molecule has 2 rings (SSSR count). The summed E-state index contributed by atoms with van der Waals surface area (Å²) >= 11 is 0. The van der Waals surface area contributed by atoms with Crippen molar-refractivity contribution < 1.29 is 5.11 Å². The van der Waals surface area contributed by atoms with E-state index in [1.54, 1.807) is 0 Å². The summed E-state index contributed by atoms with van der Waals surface area (Å²) in [6.07, 6.45) is 4.02. The molecule has 1 aromatic rings. The van der Waals surface area contributed by atoms with Crippen molar-refractivity contribution in [3.8, 4) is 0 Å². The van der Waals surface area contributed by atoms with Crippen molar-refractivity contribution in [1.29, 1.82) is 0 Å². The van der Waals surface area contributed by atoms with Crippen LogP contribution in [0.5, 0.6) is 0 Å². The van der Waals surface area contributed by atoms with Gasteiger partial charge in [0.05, 0.1) is 6.10 Å². The summed E-state index contributed by atoms with van der Waals surface area (Å²) in [5.74, 6) is 0.769. The topological polar surface area (TPSA) is 46.2 Å². The molecular weight excluding hydrogens is 234 g/mol. The summed E-state index contributed by atoms with van der Waals surface area (Å²) < 4.78 is 0. The molecule has 0 aliphatic heterocycles. The van der Waals surface area contributed by atoms with Gasteiger partial charge in [0, 0.05) is 12.0 Å². The highest BCUT2D eigenvalue weighted by molar-refractivity contribution is 5.35. The zero-order chi connectivity index (χ0) is 14.0. The number of rotatable bonds is 3. The number of hydrogen-bond donors (Lipinski definition) is 2. The van der Waals surface area contributed by atoms with Crippen LogP contribution >= 0.6 is 0 Å². The molecule has 1 saturated carbocycles. The molecule has 2 heteroatoms. The summed E-state index contributed by atoms with van der Waals surface area (Å²) in [6, 6.07) is 6.20. The Kier molecular flexibility index (Phi) is 4.32. The predicted molar refractivity (Wildman–Crippen MR) is 80.0 cm³/mol. The molecule has 3 N–H and O–H groups in total. The minimum absolute atomic E-state index is 0.120. The van der Waals surface area contributed by atoms with E-state index in [0.29, 0.717) is 6.54 Å². The van der Waals surface area contributed by atoms with Crippen molar-refractivity contribution in [3.63, 3.8) is 0 Å². The van der Waals surface area contributed by atoms with Crippen LogP contribution in [0.4, 0.5) is 0 Å². The zero-order valence-corrected chi connectivity index (χ0v) is 12.4. The van der Waals surface area contributed by atoms with Gasteiger partial charge in [0.1, 0.15) is 0 Å². The molecule has 0 aromatic heterocycles. The Balaban J connectivity index is 2.30. The Morgan fingerprint density at radius 1 is 1.32 bits per heavy atom. The van der Waals surface area contributed by atoms with Crippen LogP contribution < -0.4 is 5.73 Å². The highest BCUT2D eigenvalue weighted by atomic mass is 16.3. The molecule has 19 heavy (non-hydrogen) atoms. The number of aryl methyl sites for hydroxylation is 1. The van der Waals surface area contributed by atoms with E-state index in [4.69, 9.17) is 5.73 Å². The van der Waals surface area contributed by atoms with E-state index in [9.17, 15) is 5.11 Å².